The topological polar surface area (TPSA) is 131 Å². The zero-order chi connectivity index (χ0) is 20.9. The molecule has 2 aromatic carbocycles. The van der Waals surface area contributed by atoms with E-state index in [-0.39, 0.29) is 11.7 Å². The van der Waals surface area contributed by atoms with Gasteiger partial charge in [0.25, 0.3) is 5.91 Å². The largest absolute Gasteiger partial charge is 0.457 e. The molecule has 2 aromatic heterocycles. The first-order valence-corrected chi connectivity index (χ1v) is 9.65. The number of nitrogens with one attached hydrogen (secondary N) is 3. The number of aromatic nitrogens is 2. The molecule has 0 radical (unpaired) electrons. The molecule has 4 aromatic rings. The Morgan fingerprint density at radius 2 is 1.67 bits per heavy atom. The molecule has 5 N–H and O–H groups in total. The molecule has 150 valence electrons. The van der Waals surface area contributed by atoms with Crippen LogP contribution >= 0.6 is 11.3 Å². The molecule has 4 rings (SSSR count). The van der Waals surface area contributed by atoms with Crippen LogP contribution in [0.5, 0.6) is 11.5 Å². The molecule has 0 aliphatic heterocycles. The van der Waals surface area contributed by atoms with E-state index in [1.54, 1.807) is 41.9 Å². The number of amides is 3. The lowest BCUT2D eigenvalue weighted by atomic mass is 10.3. The summed E-state index contributed by atoms with van der Waals surface area (Å²) in [5.74, 6) is 5.56. The molecule has 0 spiro atoms. The number of hydrogen-bond acceptors (Lipinski definition) is 7. The maximum atomic E-state index is 12.2. The summed E-state index contributed by atoms with van der Waals surface area (Å²) in [6, 6.07) is 15.1. The monoisotopic (exact) mass is 420 g/mol. The summed E-state index contributed by atoms with van der Waals surface area (Å²) in [6.45, 7) is 0. The van der Waals surface area contributed by atoms with Crippen LogP contribution in [0.15, 0.2) is 66.3 Å². The Morgan fingerprint density at radius 1 is 0.900 bits per heavy atom. The first-order chi connectivity index (χ1) is 14.6. The Labute approximate surface area is 174 Å². The number of fused-ring (bicyclic) bond motifs is 1. The highest BCUT2D eigenvalue weighted by Gasteiger charge is 2.08. The van der Waals surface area contributed by atoms with Gasteiger partial charge in [-0.3, -0.25) is 15.2 Å². The summed E-state index contributed by atoms with van der Waals surface area (Å²) >= 11 is 1.51. The molecule has 0 aliphatic carbocycles. The number of pyridine rings is 1. The van der Waals surface area contributed by atoms with Crippen molar-refractivity contribution in [3.63, 3.8) is 0 Å². The Morgan fingerprint density at radius 3 is 2.47 bits per heavy atom. The molecule has 0 bridgehead atoms. The highest BCUT2D eigenvalue weighted by Crippen LogP contribution is 2.24. The molecule has 9 nitrogen and oxygen atoms in total. The summed E-state index contributed by atoms with van der Waals surface area (Å²) < 4.78 is 6.71. The number of urea groups is 1. The van der Waals surface area contributed by atoms with Gasteiger partial charge in [0.05, 0.1) is 15.7 Å². The number of nitrogens with two attached hydrogens (primary N) is 1. The Bertz CT molecular complexity index is 1210. The van der Waals surface area contributed by atoms with Gasteiger partial charge in [0, 0.05) is 23.6 Å². The highest BCUT2D eigenvalue weighted by atomic mass is 32.1. The van der Waals surface area contributed by atoms with E-state index in [2.05, 4.69) is 20.6 Å². The van der Waals surface area contributed by atoms with Gasteiger partial charge in [-0.05, 0) is 48.5 Å². The van der Waals surface area contributed by atoms with E-state index in [4.69, 9.17) is 10.6 Å². The van der Waals surface area contributed by atoms with Crippen LogP contribution in [0.25, 0.3) is 10.2 Å². The molecule has 0 aliphatic rings. The van der Waals surface area contributed by atoms with Crippen LogP contribution in [0.3, 0.4) is 0 Å². The van der Waals surface area contributed by atoms with Gasteiger partial charge in [0.1, 0.15) is 17.2 Å². The van der Waals surface area contributed by atoms with Crippen LogP contribution in [0.2, 0.25) is 0 Å². The fraction of sp³-hybridized carbons (Fsp3) is 0. The molecular weight excluding hydrogens is 404 g/mol. The zero-order valence-corrected chi connectivity index (χ0v) is 16.3. The number of hydrogen-bond donors (Lipinski definition) is 4. The maximum Gasteiger partial charge on any atom is 0.323 e. The van der Waals surface area contributed by atoms with Crippen LogP contribution in [-0.2, 0) is 0 Å². The van der Waals surface area contributed by atoms with Gasteiger partial charge in [0.15, 0.2) is 0 Å². The van der Waals surface area contributed by atoms with E-state index < -0.39 is 5.91 Å². The number of rotatable bonds is 5. The molecular formula is C20H16N6O3S. The van der Waals surface area contributed by atoms with Crippen LogP contribution < -0.4 is 26.6 Å². The molecule has 0 saturated carbocycles. The van der Waals surface area contributed by atoms with E-state index in [1.165, 1.54) is 23.6 Å². The smallest absolute Gasteiger partial charge is 0.323 e. The van der Waals surface area contributed by atoms with Crippen molar-refractivity contribution in [3.8, 4) is 11.5 Å². The fourth-order valence-corrected chi connectivity index (χ4v) is 3.36. The van der Waals surface area contributed by atoms with Crippen molar-refractivity contribution in [2.75, 3.05) is 10.6 Å². The van der Waals surface area contributed by atoms with Crippen molar-refractivity contribution in [1.29, 1.82) is 0 Å². The lowest BCUT2D eigenvalue weighted by Crippen LogP contribution is -2.30. The molecule has 0 unspecified atom stereocenters. The van der Waals surface area contributed by atoms with Gasteiger partial charge < -0.3 is 15.4 Å². The Hall–Kier alpha value is -4.02. The minimum atomic E-state index is -0.513. The first kappa shape index (κ1) is 19.3. The minimum absolute atomic E-state index is 0.140. The van der Waals surface area contributed by atoms with Crippen molar-refractivity contribution >= 4 is 44.9 Å². The van der Waals surface area contributed by atoms with Crippen LogP contribution in [0.1, 0.15) is 10.5 Å². The standard InChI is InChI=1S/C20H16N6O3S/c21-26-19(27)17-10-15(7-8-22-17)29-14-4-1-12(2-5-14)24-20(28)25-13-3-6-16-18(9-13)30-11-23-16/h1-11H,21H2,(H,26,27)(H2,24,25,28). The quantitative estimate of drug-likeness (QED) is 0.221. The van der Waals surface area contributed by atoms with Crippen LogP contribution in [0.4, 0.5) is 16.2 Å². The van der Waals surface area contributed by atoms with Crippen molar-refractivity contribution < 1.29 is 14.3 Å². The SMILES string of the molecule is NNC(=O)c1cc(Oc2ccc(NC(=O)Nc3ccc4ncsc4c3)cc2)ccn1. The molecule has 0 saturated heterocycles. The van der Waals surface area contributed by atoms with Crippen LogP contribution in [-0.4, -0.2) is 21.9 Å². The number of anilines is 2. The maximum absolute atomic E-state index is 12.2. The predicted molar refractivity (Wildman–Crippen MR) is 115 cm³/mol. The van der Waals surface area contributed by atoms with E-state index >= 15 is 0 Å². The Kier molecular flexibility index (Phi) is 5.50. The molecule has 0 fully saturated rings. The summed E-state index contributed by atoms with van der Waals surface area (Å²) in [6.07, 6.45) is 1.45. The van der Waals surface area contributed by atoms with E-state index in [1.807, 2.05) is 17.6 Å². The molecule has 3 amide bonds. The lowest BCUT2D eigenvalue weighted by molar-refractivity contribution is 0.0948. The summed E-state index contributed by atoms with van der Waals surface area (Å²) in [7, 11) is 0. The number of hydrazine groups is 1. The average molecular weight is 420 g/mol. The number of carbonyl (C=O) groups is 2. The third-order valence-corrected chi connectivity index (χ3v) is 4.82. The fourth-order valence-electron chi connectivity index (χ4n) is 2.64. The van der Waals surface area contributed by atoms with Crippen molar-refractivity contribution in [2.24, 2.45) is 5.84 Å². The van der Waals surface area contributed by atoms with E-state index in [0.29, 0.717) is 22.9 Å². The summed E-state index contributed by atoms with van der Waals surface area (Å²) in [5, 5.41) is 5.55. The highest BCUT2D eigenvalue weighted by molar-refractivity contribution is 7.16. The second-order valence-corrected chi connectivity index (χ2v) is 6.98. The summed E-state index contributed by atoms with van der Waals surface area (Å²) in [4.78, 5) is 31.9. The normalized spacial score (nSPS) is 10.4. The Balaban J connectivity index is 1.37. The second-order valence-electron chi connectivity index (χ2n) is 6.09. The molecule has 10 heteroatoms. The van der Waals surface area contributed by atoms with Crippen molar-refractivity contribution in [1.82, 2.24) is 15.4 Å². The second kappa shape index (κ2) is 8.55. The average Bonchev–Trinajstić information content (AvgIpc) is 3.22. The molecule has 2 heterocycles. The van der Waals surface area contributed by atoms with E-state index in [9.17, 15) is 9.59 Å². The number of nitrogens with zero attached hydrogens (tertiary/aromatic N) is 2. The summed E-state index contributed by atoms with van der Waals surface area (Å²) in [5.41, 5.74) is 6.09. The minimum Gasteiger partial charge on any atom is -0.457 e. The molecule has 0 atom stereocenters. The van der Waals surface area contributed by atoms with Crippen molar-refractivity contribution in [3.05, 3.63) is 72.0 Å². The van der Waals surface area contributed by atoms with Crippen molar-refractivity contribution in [2.45, 2.75) is 0 Å². The zero-order valence-electron chi connectivity index (χ0n) is 15.5. The van der Waals surface area contributed by atoms with Gasteiger partial charge in [0.2, 0.25) is 0 Å². The van der Waals surface area contributed by atoms with Crippen LogP contribution in [0, 0.1) is 0 Å². The number of carbonyl (C=O) groups excluding carboxylic acids is 2. The third kappa shape index (κ3) is 4.51. The predicted octanol–water partition coefficient (Wildman–Crippen LogP) is 3.73. The van der Waals surface area contributed by atoms with Gasteiger partial charge >= 0.3 is 6.03 Å². The number of thiazole rings is 1. The molecule has 30 heavy (non-hydrogen) atoms. The number of benzene rings is 2. The first-order valence-electron chi connectivity index (χ1n) is 8.77. The van der Waals surface area contributed by atoms with Gasteiger partial charge in [-0.2, -0.15) is 0 Å². The number of nitrogen functional groups attached to an aromatic ring is 1. The van der Waals surface area contributed by atoms with Gasteiger partial charge in [-0.25, -0.2) is 15.6 Å². The third-order valence-electron chi connectivity index (χ3n) is 4.03. The lowest BCUT2D eigenvalue weighted by Gasteiger charge is -2.10. The van der Waals surface area contributed by atoms with E-state index in [0.717, 1.165) is 10.2 Å². The van der Waals surface area contributed by atoms with Gasteiger partial charge in [-0.15, -0.1) is 11.3 Å². The van der Waals surface area contributed by atoms with Gasteiger partial charge in [-0.1, -0.05) is 0 Å². The number of ether oxygens (including phenoxy) is 1.